The number of hydrogen-bond donors (Lipinski definition) is 1. The van der Waals surface area contributed by atoms with Crippen molar-refractivity contribution >= 4 is 0 Å². The quantitative estimate of drug-likeness (QED) is 0.562. The summed E-state index contributed by atoms with van der Waals surface area (Å²) in [7, 11) is 1.75. The maximum atomic E-state index is 6.45. The Bertz CT molecular complexity index is 925. The van der Waals surface area contributed by atoms with Crippen molar-refractivity contribution in [2.24, 2.45) is 0 Å². The molecule has 3 nitrogen and oxygen atoms in total. The van der Waals surface area contributed by atoms with E-state index in [1.807, 2.05) is 0 Å². The molecule has 1 heterocycles. The zero-order valence-corrected chi connectivity index (χ0v) is 17.7. The highest BCUT2D eigenvalue weighted by Gasteiger charge is 2.27. The lowest BCUT2D eigenvalue weighted by atomic mass is 9.86. The van der Waals surface area contributed by atoms with Gasteiger partial charge in [0.1, 0.15) is 0 Å². The van der Waals surface area contributed by atoms with Crippen molar-refractivity contribution in [3.63, 3.8) is 0 Å². The standard InChI is InChI=1S/C27H31NO2/c1-29-16-14-21-7-5-8-22(17-21)20-30-27-19-28-15-13-26(27)25-12-6-11-24(18-25)23-9-3-2-4-10-23/h2-12,17-18,26-28H,13-16,19-20H2,1H3/t26-,27+/m1/s1. The van der Waals surface area contributed by atoms with Crippen LogP contribution in [0.4, 0.5) is 0 Å². The third-order valence-electron chi connectivity index (χ3n) is 5.90. The number of nitrogens with one attached hydrogen (secondary N) is 1. The Balaban J connectivity index is 1.46. The van der Waals surface area contributed by atoms with Crippen LogP contribution in [0.3, 0.4) is 0 Å². The number of hydrogen-bond acceptors (Lipinski definition) is 3. The summed E-state index contributed by atoms with van der Waals surface area (Å²) in [5.41, 5.74) is 6.43. The van der Waals surface area contributed by atoms with Crippen LogP contribution in [-0.4, -0.2) is 32.9 Å². The lowest BCUT2D eigenvalue weighted by molar-refractivity contribution is 0.0106. The van der Waals surface area contributed by atoms with Gasteiger partial charge in [0.15, 0.2) is 0 Å². The van der Waals surface area contributed by atoms with Crippen LogP contribution in [0.2, 0.25) is 0 Å². The normalized spacial score (nSPS) is 19.0. The molecule has 0 amide bonds. The van der Waals surface area contributed by atoms with Gasteiger partial charge in [-0.25, -0.2) is 0 Å². The van der Waals surface area contributed by atoms with Gasteiger partial charge < -0.3 is 14.8 Å². The van der Waals surface area contributed by atoms with Gasteiger partial charge in [0.05, 0.1) is 19.3 Å². The Morgan fingerprint density at radius 2 is 1.67 bits per heavy atom. The first-order chi connectivity index (χ1) is 14.8. The third-order valence-corrected chi connectivity index (χ3v) is 5.90. The molecule has 4 rings (SSSR count). The maximum absolute atomic E-state index is 6.45. The molecule has 2 atom stereocenters. The highest BCUT2D eigenvalue weighted by molar-refractivity contribution is 5.64. The molecule has 1 N–H and O–H groups in total. The molecule has 3 heteroatoms. The summed E-state index contributed by atoms with van der Waals surface area (Å²) in [6.45, 7) is 3.31. The molecule has 0 radical (unpaired) electrons. The van der Waals surface area contributed by atoms with Gasteiger partial charge in [-0.1, -0.05) is 78.9 Å². The van der Waals surface area contributed by atoms with Crippen molar-refractivity contribution in [2.75, 3.05) is 26.8 Å². The first-order valence-electron chi connectivity index (χ1n) is 10.9. The molecule has 3 aromatic rings. The van der Waals surface area contributed by atoms with Crippen molar-refractivity contribution in [1.29, 1.82) is 0 Å². The van der Waals surface area contributed by atoms with E-state index < -0.39 is 0 Å². The minimum absolute atomic E-state index is 0.174. The number of piperidine rings is 1. The van der Waals surface area contributed by atoms with E-state index in [9.17, 15) is 0 Å². The summed E-state index contributed by atoms with van der Waals surface area (Å²) in [6.07, 6.45) is 2.20. The third kappa shape index (κ3) is 5.37. The molecule has 156 valence electrons. The van der Waals surface area contributed by atoms with Crippen molar-refractivity contribution in [2.45, 2.75) is 31.5 Å². The Morgan fingerprint density at radius 1 is 0.867 bits per heavy atom. The topological polar surface area (TPSA) is 30.5 Å². The summed E-state index contributed by atoms with van der Waals surface area (Å²) in [4.78, 5) is 0. The molecule has 1 fully saturated rings. The van der Waals surface area contributed by atoms with Gasteiger partial charge in [-0.3, -0.25) is 0 Å². The lowest BCUT2D eigenvalue weighted by Gasteiger charge is -2.33. The molecular formula is C27H31NO2. The lowest BCUT2D eigenvalue weighted by Crippen LogP contribution is -2.41. The molecule has 0 saturated carbocycles. The Labute approximate surface area is 180 Å². The molecule has 0 aromatic heterocycles. The minimum atomic E-state index is 0.174. The minimum Gasteiger partial charge on any atom is -0.384 e. The van der Waals surface area contributed by atoms with E-state index in [0.717, 1.165) is 32.5 Å². The monoisotopic (exact) mass is 401 g/mol. The van der Waals surface area contributed by atoms with E-state index in [4.69, 9.17) is 9.47 Å². The van der Waals surface area contributed by atoms with Crippen molar-refractivity contribution in [3.05, 3.63) is 95.6 Å². The second-order valence-electron chi connectivity index (χ2n) is 8.00. The largest absolute Gasteiger partial charge is 0.384 e. The second-order valence-corrected chi connectivity index (χ2v) is 8.00. The van der Waals surface area contributed by atoms with Crippen LogP contribution in [0.1, 0.15) is 29.0 Å². The van der Waals surface area contributed by atoms with Gasteiger partial charge in [-0.2, -0.15) is 0 Å². The Morgan fingerprint density at radius 3 is 2.53 bits per heavy atom. The van der Waals surface area contributed by atoms with Gasteiger partial charge in [0.2, 0.25) is 0 Å². The number of methoxy groups -OCH3 is 1. The summed E-state index contributed by atoms with van der Waals surface area (Å²) in [5.74, 6) is 0.409. The Kier molecular flexibility index (Phi) is 7.30. The van der Waals surface area contributed by atoms with E-state index >= 15 is 0 Å². The zero-order chi connectivity index (χ0) is 20.6. The average Bonchev–Trinajstić information content (AvgIpc) is 2.82. The van der Waals surface area contributed by atoms with E-state index in [2.05, 4.69) is 84.2 Å². The number of ether oxygens (including phenoxy) is 2. The molecule has 0 spiro atoms. The predicted molar refractivity (Wildman–Crippen MR) is 123 cm³/mol. The summed E-state index contributed by atoms with van der Waals surface area (Å²) < 4.78 is 11.7. The van der Waals surface area contributed by atoms with Gasteiger partial charge in [-0.05, 0) is 47.2 Å². The maximum Gasteiger partial charge on any atom is 0.0772 e. The fourth-order valence-corrected chi connectivity index (χ4v) is 4.26. The van der Waals surface area contributed by atoms with Gasteiger partial charge in [0, 0.05) is 19.6 Å². The highest BCUT2D eigenvalue weighted by atomic mass is 16.5. The molecule has 3 aromatic carbocycles. The van der Waals surface area contributed by atoms with Crippen LogP contribution in [0.25, 0.3) is 11.1 Å². The molecule has 0 unspecified atom stereocenters. The SMILES string of the molecule is COCCc1cccc(CO[C@H]2CNCC[C@@H]2c2cccc(-c3ccccc3)c2)c1. The summed E-state index contributed by atoms with van der Waals surface area (Å²) >= 11 is 0. The van der Waals surface area contributed by atoms with Gasteiger partial charge >= 0.3 is 0 Å². The Hall–Kier alpha value is -2.46. The first kappa shape index (κ1) is 20.8. The molecule has 0 aliphatic carbocycles. The van der Waals surface area contributed by atoms with Crippen LogP contribution in [0.15, 0.2) is 78.9 Å². The van der Waals surface area contributed by atoms with Crippen LogP contribution >= 0.6 is 0 Å². The second kappa shape index (κ2) is 10.5. The van der Waals surface area contributed by atoms with Gasteiger partial charge in [-0.15, -0.1) is 0 Å². The van der Waals surface area contributed by atoms with E-state index in [1.54, 1.807) is 7.11 Å². The molecule has 1 saturated heterocycles. The van der Waals surface area contributed by atoms with Crippen molar-refractivity contribution in [1.82, 2.24) is 5.32 Å². The fourth-order valence-electron chi connectivity index (χ4n) is 4.26. The van der Waals surface area contributed by atoms with Crippen LogP contribution in [0, 0.1) is 0 Å². The van der Waals surface area contributed by atoms with Crippen LogP contribution in [0.5, 0.6) is 0 Å². The summed E-state index contributed by atoms with van der Waals surface area (Å²) in [6, 6.07) is 28.2. The van der Waals surface area contributed by atoms with Gasteiger partial charge in [0.25, 0.3) is 0 Å². The van der Waals surface area contributed by atoms with E-state index in [1.165, 1.54) is 27.8 Å². The van der Waals surface area contributed by atoms with Crippen LogP contribution < -0.4 is 5.32 Å². The molecule has 30 heavy (non-hydrogen) atoms. The summed E-state index contributed by atoms with van der Waals surface area (Å²) in [5, 5.41) is 3.51. The first-order valence-corrected chi connectivity index (χ1v) is 10.9. The molecule has 0 bridgehead atoms. The van der Waals surface area contributed by atoms with Crippen molar-refractivity contribution < 1.29 is 9.47 Å². The predicted octanol–water partition coefficient (Wildman–Crippen LogP) is 5.20. The molecular weight excluding hydrogens is 370 g/mol. The fraction of sp³-hybridized carbons (Fsp3) is 0.333. The zero-order valence-electron chi connectivity index (χ0n) is 17.7. The molecule has 1 aliphatic rings. The number of benzene rings is 3. The smallest absolute Gasteiger partial charge is 0.0772 e. The molecule has 1 aliphatic heterocycles. The van der Waals surface area contributed by atoms with Crippen LogP contribution in [-0.2, 0) is 22.5 Å². The van der Waals surface area contributed by atoms with Crippen molar-refractivity contribution in [3.8, 4) is 11.1 Å². The van der Waals surface area contributed by atoms with E-state index in [-0.39, 0.29) is 6.10 Å². The highest BCUT2D eigenvalue weighted by Crippen LogP contribution is 2.31. The number of rotatable bonds is 8. The van der Waals surface area contributed by atoms with E-state index in [0.29, 0.717) is 12.5 Å². The average molecular weight is 402 g/mol.